The summed E-state index contributed by atoms with van der Waals surface area (Å²) in [7, 11) is 3.43. The molecule has 0 unspecified atom stereocenters. The number of carbonyl (C=O) groups excluding carboxylic acids is 2. The van der Waals surface area contributed by atoms with Gasteiger partial charge in [0, 0.05) is 18.0 Å². The second kappa shape index (κ2) is 11.8. The lowest BCUT2D eigenvalue weighted by molar-refractivity contribution is -0.120. The normalized spacial score (nSPS) is 14.2. The highest BCUT2D eigenvalue weighted by atomic mass is 35.5. The summed E-state index contributed by atoms with van der Waals surface area (Å²) in [4.78, 5) is 24.4. The molecule has 1 fully saturated rings. The summed E-state index contributed by atoms with van der Waals surface area (Å²) in [6, 6.07) is 5.31. The van der Waals surface area contributed by atoms with E-state index in [1.165, 1.54) is 6.42 Å². The van der Waals surface area contributed by atoms with Crippen LogP contribution in [0.3, 0.4) is 0 Å². The standard InChI is InChI=1S/C19H29N3O3.ClH/c1-20-12-6-9-18(23)21-15-10-11-17(25-2)16(13-15)22-19(24)14-7-4-3-5-8-14;/h10-11,13-14,20H,3-9,12H2,1-2H3,(H,21,23)(H,22,24);1H. The Morgan fingerprint density at radius 3 is 2.54 bits per heavy atom. The van der Waals surface area contributed by atoms with Gasteiger partial charge < -0.3 is 20.7 Å². The summed E-state index contributed by atoms with van der Waals surface area (Å²) in [6.45, 7) is 0.804. The molecule has 0 spiro atoms. The molecule has 1 aliphatic carbocycles. The zero-order chi connectivity index (χ0) is 18.1. The lowest BCUT2D eigenvalue weighted by atomic mass is 9.88. The quantitative estimate of drug-likeness (QED) is 0.599. The zero-order valence-electron chi connectivity index (χ0n) is 15.6. The van der Waals surface area contributed by atoms with Gasteiger partial charge in [0.25, 0.3) is 0 Å². The smallest absolute Gasteiger partial charge is 0.227 e. The van der Waals surface area contributed by atoms with Gasteiger partial charge in [-0.05, 0) is 51.1 Å². The van der Waals surface area contributed by atoms with E-state index in [0.717, 1.165) is 38.6 Å². The van der Waals surface area contributed by atoms with E-state index in [2.05, 4.69) is 16.0 Å². The summed E-state index contributed by atoms with van der Waals surface area (Å²) in [5.41, 5.74) is 1.26. The molecule has 0 aliphatic heterocycles. The van der Waals surface area contributed by atoms with Gasteiger partial charge in [-0.1, -0.05) is 19.3 Å². The van der Waals surface area contributed by atoms with Gasteiger partial charge in [-0.15, -0.1) is 12.4 Å². The Hall–Kier alpha value is -1.79. The number of nitrogens with one attached hydrogen (secondary N) is 3. The van der Waals surface area contributed by atoms with Crippen LogP contribution in [0.2, 0.25) is 0 Å². The Morgan fingerprint density at radius 2 is 1.88 bits per heavy atom. The third-order valence-electron chi connectivity index (χ3n) is 4.55. The molecule has 2 amide bonds. The average Bonchev–Trinajstić information content (AvgIpc) is 2.63. The van der Waals surface area contributed by atoms with E-state index in [1.54, 1.807) is 25.3 Å². The summed E-state index contributed by atoms with van der Waals surface area (Å²) < 4.78 is 5.34. The molecule has 7 heteroatoms. The van der Waals surface area contributed by atoms with E-state index in [4.69, 9.17) is 4.74 Å². The third kappa shape index (κ3) is 6.84. The molecule has 6 nitrogen and oxygen atoms in total. The summed E-state index contributed by atoms with van der Waals surface area (Å²) in [6.07, 6.45) is 6.55. The highest BCUT2D eigenvalue weighted by molar-refractivity contribution is 5.96. The first-order chi connectivity index (χ1) is 12.1. The Morgan fingerprint density at radius 1 is 1.15 bits per heavy atom. The number of carbonyl (C=O) groups is 2. The molecule has 1 aliphatic rings. The number of hydrogen-bond acceptors (Lipinski definition) is 4. The van der Waals surface area contributed by atoms with Gasteiger partial charge in [0.1, 0.15) is 5.75 Å². The van der Waals surface area contributed by atoms with Crippen LogP contribution < -0.4 is 20.7 Å². The Bertz CT molecular complexity index is 589. The maximum atomic E-state index is 12.5. The molecule has 26 heavy (non-hydrogen) atoms. The predicted octanol–water partition coefficient (Wildman–Crippen LogP) is 3.57. The number of halogens is 1. The molecule has 3 N–H and O–H groups in total. The predicted molar refractivity (Wildman–Crippen MR) is 107 cm³/mol. The van der Waals surface area contributed by atoms with Crippen molar-refractivity contribution in [2.45, 2.75) is 44.9 Å². The van der Waals surface area contributed by atoms with Crippen LogP contribution in [0.1, 0.15) is 44.9 Å². The van der Waals surface area contributed by atoms with Crippen LogP contribution in [0.25, 0.3) is 0 Å². The maximum Gasteiger partial charge on any atom is 0.227 e. The molecule has 0 atom stereocenters. The fraction of sp³-hybridized carbons (Fsp3) is 0.579. The molecule has 1 aromatic rings. The molecule has 0 saturated heterocycles. The third-order valence-corrected chi connectivity index (χ3v) is 4.55. The largest absolute Gasteiger partial charge is 0.495 e. The topological polar surface area (TPSA) is 79.5 Å². The van der Waals surface area contributed by atoms with Gasteiger partial charge in [0.15, 0.2) is 0 Å². The summed E-state index contributed by atoms with van der Waals surface area (Å²) >= 11 is 0. The number of methoxy groups -OCH3 is 1. The molecular weight excluding hydrogens is 354 g/mol. The maximum absolute atomic E-state index is 12.5. The number of ether oxygens (including phenoxy) is 1. The van der Waals surface area contributed by atoms with Gasteiger partial charge in [-0.25, -0.2) is 0 Å². The van der Waals surface area contributed by atoms with Gasteiger partial charge >= 0.3 is 0 Å². The van der Waals surface area contributed by atoms with Crippen molar-refractivity contribution >= 4 is 35.6 Å². The lowest BCUT2D eigenvalue weighted by Crippen LogP contribution is -2.25. The molecule has 1 aromatic carbocycles. The van der Waals surface area contributed by atoms with Crippen LogP contribution in [0, 0.1) is 5.92 Å². The number of benzene rings is 1. The molecule has 0 aromatic heterocycles. The van der Waals surface area contributed by atoms with Crippen LogP contribution >= 0.6 is 12.4 Å². The van der Waals surface area contributed by atoms with Crippen LogP contribution in [0.15, 0.2) is 18.2 Å². The lowest BCUT2D eigenvalue weighted by Gasteiger charge is -2.21. The van der Waals surface area contributed by atoms with Crippen LogP contribution in [-0.4, -0.2) is 32.5 Å². The average molecular weight is 384 g/mol. The molecule has 0 bridgehead atoms. The van der Waals surface area contributed by atoms with Crippen molar-refractivity contribution in [1.82, 2.24) is 5.32 Å². The Balaban J connectivity index is 0.00000338. The summed E-state index contributed by atoms with van der Waals surface area (Å²) in [5, 5.41) is 8.86. The minimum Gasteiger partial charge on any atom is -0.495 e. The molecule has 0 radical (unpaired) electrons. The highest BCUT2D eigenvalue weighted by Crippen LogP contribution is 2.30. The van der Waals surface area contributed by atoms with Crippen LogP contribution in [0.5, 0.6) is 5.75 Å². The number of rotatable bonds is 8. The van der Waals surface area contributed by atoms with Gasteiger partial charge in [-0.3, -0.25) is 9.59 Å². The minimum atomic E-state index is -0.0371. The second-order valence-electron chi connectivity index (χ2n) is 6.49. The van der Waals surface area contributed by atoms with Crippen molar-refractivity contribution in [3.8, 4) is 5.75 Å². The first-order valence-electron chi connectivity index (χ1n) is 9.07. The van der Waals surface area contributed by atoms with Crippen LogP contribution in [-0.2, 0) is 9.59 Å². The number of amides is 2. The van der Waals surface area contributed by atoms with E-state index in [1.807, 2.05) is 7.05 Å². The van der Waals surface area contributed by atoms with Crippen molar-refractivity contribution in [3.63, 3.8) is 0 Å². The second-order valence-corrected chi connectivity index (χ2v) is 6.49. The highest BCUT2D eigenvalue weighted by Gasteiger charge is 2.22. The number of hydrogen-bond donors (Lipinski definition) is 3. The fourth-order valence-electron chi connectivity index (χ4n) is 3.13. The van der Waals surface area contributed by atoms with E-state index >= 15 is 0 Å². The first-order valence-corrected chi connectivity index (χ1v) is 9.07. The SMILES string of the molecule is CNCCCC(=O)Nc1ccc(OC)c(NC(=O)C2CCCCC2)c1.Cl. The van der Waals surface area contributed by atoms with E-state index < -0.39 is 0 Å². The minimum absolute atomic E-state index is 0. The van der Waals surface area contributed by atoms with Crippen molar-refractivity contribution in [2.75, 3.05) is 31.3 Å². The molecule has 0 heterocycles. The molecule has 2 rings (SSSR count). The van der Waals surface area contributed by atoms with Gasteiger partial charge in [-0.2, -0.15) is 0 Å². The van der Waals surface area contributed by atoms with Crippen molar-refractivity contribution in [1.29, 1.82) is 0 Å². The molecular formula is C19H30ClN3O3. The van der Waals surface area contributed by atoms with Gasteiger partial charge in [0.2, 0.25) is 11.8 Å². The molecule has 146 valence electrons. The van der Waals surface area contributed by atoms with Crippen molar-refractivity contribution in [3.05, 3.63) is 18.2 Å². The van der Waals surface area contributed by atoms with E-state index in [9.17, 15) is 9.59 Å². The number of anilines is 2. The van der Waals surface area contributed by atoms with E-state index in [-0.39, 0.29) is 30.1 Å². The van der Waals surface area contributed by atoms with Gasteiger partial charge in [0.05, 0.1) is 12.8 Å². The van der Waals surface area contributed by atoms with Crippen molar-refractivity contribution in [2.24, 2.45) is 5.92 Å². The van der Waals surface area contributed by atoms with Crippen LogP contribution in [0.4, 0.5) is 11.4 Å². The zero-order valence-corrected chi connectivity index (χ0v) is 16.4. The van der Waals surface area contributed by atoms with Crippen molar-refractivity contribution < 1.29 is 14.3 Å². The monoisotopic (exact) mass is 383 g/mol. The van der Waals surface area contributed by atoms with E-state index in [0.29, 0.717) is 23.5 Å². The molecule has 1 saturated carbocycles. The Labute approximate surface area is 161 Å². The fourth-order valence-corrected chi connectivity index (χ4v) is 3.13. The Kier molecular flexibility index (Phi) is 10.1. The first kappa shape index (κ1) is 22.3. The summed E-state index contributed by atoms with van der Waals surface area (Å²) in [5.74, 6) is 0.663.